The van der Waals surface area contributed by atoms with E-state index < -0.39 is 10.0 Å². The van der Waals surface area contributed by atoms with Crippen molar-refractivity contribution in [1.29, 1.82) is 0 Å². The van der Waals surface area contributed by atoms with Crippen LogP contribution in [0.5, 0.6) is 0 Å². The van der Waals surface area contributed by atoms with E-state index in [1.807, 2.05) is 6.07 Å². The van der Waals surface area contributed by atoms with Crippen LogP contribution in [0.3, 0.4) is 0 Å². The molecule has 0 atom stereocenters. The molecule has 1 saturated heterocycles. The standard InChI is InChI=1S/C15H19N3O2S.2ClH/c16-10-12-5-8-18(9-6-12)21(19,20)15-3-1-2-13-11-17-7-4-14(13)15;;/h1-4,7,11-12H,5-6,8-10,16H2;2*1H. The van der Waals surface area contributed by atoms with Gasteiger partial charge in [0, 0.05) is 36.3 Å². The van der Waals surface area contributed by atoms with Gasteiger partial charge < -0.3 is 5.73 Å². The summed E-state index contributed by atoms with van der Waals surface area (Å²) in [5.41, 5.74) is 5.67. The predicted octanol–water partition coefficient (Wildman–Crippen LogP) is 2.44. The molecule has 3 rings (SSSR count). The maximum atomic E-state index is 12.9. The van der Waals surface area contributed by atoms with Crippen LogP contribution in [-0.2, 0) is 10.0 Å². The van der Waals surface area contributed by atoms with Gasteiger partial charge in [-0.3, -0.25) is 4.98 Å². The highest BCUT2D eigenvalue weighted by molar-refractivity contribution is 7.89. The van der Waals surface area contributed by atoms with Crippen LogP contribution in [-0.4, -0.2) is 37.3 Å². The van der Waals surface area contributed by atoms with Crippen LogP contribution in [0.1, 0.15) is 12.8 Å². The number of hydrogen-bond acceptors (Lipinski definition) is 4. The molecule has 8 heteroatoms. The van der Waals surface area contributed by atoms with Crippen LogP contribution in [0.4, 0.5) is 0 Å². The molecule has 23 heavy (non-hydrogen) atoms. The van der Waals surface area contributed by atoms with Gasteiger partial charge in [-0.15, -0.1) is 24.8 Å². The minimum Gasteiger partial charge on any atom is -0.330 e. The van der Waals surface area contributed by atoms with Crippen molar-refractivity contribution in [3.63, 3.8) is 0 Å². The fourth-order valence-electron chi connectivity index (χ4n) is 2.84. The molecule has 0 aliphatic carbocycles. The highest BCUT2D eigenvalue weighted by Crippen LogP contribution is 2.28. The third-order valence-corrected chi connectivity index (χ3v) is 6.12. The van der Waals surface area contributed by atoms with Gasteiger partial charge in [0.2, 0.25) is 10.0 Å². The summed E-state index contributed by atoms with van der Waals surface area (Å²) in [4.78, 5) is 4.42. The summed E-state index contributed by atoms with van der Waals surface area (Å²) in [7, 11) is -3.46. The first-order chi connectivity index (χ1) is 10.1. The number of pyridine rings is 1. The van der Waals surface area contributed by atoms with Crippen LogP contribution < -0.4 is 5.73 Å². The lowest BCUT2D eigenvalue weighted by molar-refractivity contribution is 0.278. The number of nitrogens with two attached hydrogens (primary N) is 1. The van der Waals surface area contributed by atoms with Gasteiger partial charge in [-0.25, -0.2) is 8.42 Å². The average molecular weight is 378 g/mol. The first-order valence-electron chi connectivity index (χ1n) is 7.16. The topological polar surface area (TPSA) is 76.3 Å². The summed E-state index contributed by atoms with van der Waals surface area (Å²) >= 11 is 0. The largest absolute Gasteiger partial charge is 0.330 e. The lowest BCUT2D eigenvalue weighted by atomic mass is 9.99. The molecule has 0 unspecified atom stereocenters. The summed E-state index contributed by atoms with van der Waals surface area (Å²) in [5, 5.41) is 1.57. The Kier molecular flexibility index (Phi) is 7.23. The smallest absolute Gasteiger partial charge is 0.243 e. The fourth-order valence-corrected chi connectivity index (χ4v) is 4.53. The number of halogens is 2. The summed E-state index contributed by atoms with van der Waals surface area (Å²) < 4.78 is 27.3. The molecule has 0 radical (unpaired) electrons. The quantitative estimate of drug-likeness (QED) is 0.890. The van der Waals surface area contributed by atoms with E-state index in [4.69, 9.17) is 5.73 Å². The minimum absolute atomic E-state index is 0. The van der Waals surface area contributed by atoms with Gasteiger partial charge in [0.1, 0.15) is 0 Å². The molecule has 5 nitrogen and oxygen atoms in total. The molecule has 1 aliphatic heterocycles. The number of benzene rings is 1. The van der Waals surface area contributed by atoms with E-state index in [0.29, 0.717) is 30.4 Å². The van der Waals surface area contributed by atoms with Crippen LogP contribution in [0.2, 0.25) is 0 Å². The zero-order valence-corrected chi connectivity index (χ0v) is 15.0. The van der Waals surface area contributed by atoms with Crippen molar-refractivity contribution >= 4 is 45.6 Å². The molecule has 1 aromatic carbocycles. The van der Waals surface area contributed by atoms with Crippen LogP contribution in [0, 0.1) is 5.92 Å². The third-order valence-electron chi connectivity index (χ3n) is 4.17. The number of hydrogen-bond donors (Lipinski definition) is 1. The van der Waals surface area contributed by atoms with E-state index in [1.165, 1.54) is 0 Å². The Balaban J connectivity index is 0.00000132. The highest BCUT2D eigenvalue weighted by Gasteiger charge is 2.29. The van der Waals surface area contributed by atoms with Crippen LogP contribution >= 0.6 is 24.8 Å². The lowest BCUT2D eigenvalue weighted by Gasteiger charge is -2.30. The van der Waals surface area contributed by atoms with Crippen molar-refractivity contribution in [2.24, 2.45) is 11.7 Å². The van der Waals surface area contributed by atoms with Crippen molar-refractivity contribution in [2.45, 2.75) is 17.7 Å². The number of fused-ring (bicyclic) bond motifs is 1. The number of piperidine rings is 1. The molecule has 2 N–H and O–H groups in total. The second-order valence-corrected chi connectivity index (χ2v) is 7.34. The Bertz CT molecular complexity index is 742. The molecule has 2 heterocycles. The van der Waals surface area contributed by atoms with Crippen molar-refractivity contribution in [3.8, 4) is 0 Å². The Morgan fingerprint density at radius 1 is 1.17 bits per heavy atom. The molecule has 1 fully saturated rings. The summed E-state index contributed by atoms with van der Waals surface area (Å²) in [6.07, 6.45) is 4.99. The second-order valence-electron chi connectivity index (χ2n) is 5.44. The minimum atomic E-state index is -3.46. The van der Waals surface area contributed by atoms with Gasteiger partial charge in [-0.05, 0) is 37.4 Å². The Morgan fingerprint density at radius 2 is 1.87 bits per heavy atom. The molecule has 2 aromatic rings. The van der Waals surface area contributed by atoms with E-state index in [0.717, 1.165) is 23.6 Å². The van der Waals surface area contributed by atoms with Gasteiger partial charge in [0.05, 0.1) is 4.90 Å². The average Bonchev–Trinajstić information content (AvgIpc) is 2.54. The van der Waals surface area contributed by atoms with Crippen LogP contribution in [0.25, 0.3) is 10.8 Å². The van der Waals surface area contributed by atoms with Gasteiger partial charge in [-0.2, -0.15) is 4.31 Å². The third kappa shape index (κ3) is 3.95. The SMILES string of the molecule is Cl.Cl.NCC1CCN(S(=O)(=O)c2cccc3cnccc23)CC1. The molecular formula is C15H21Cl2N3O2S. The van der Waals surface area contributed by atoms with E-state index in [-0.39, 0.29) is 24.8 Å². The Morgan fingerprint density at radius 3 is 2.52 bits per heavy atom. The molecule has 1 aromatic heterocycles. The van der Waals surface area contributed by atoms with E-state index in [2.05, 4.69) is 4.98 Å². The summed E-state index contributed by atoms with van der Waals surface area (Å²) in [6, 6.07) is 7.08. The normalized spacial score (nSPS) is 16.6. The number of aromatic nitrogens is 1. The molecule has 1 aliphatic rings. The Labute approximate surface area is 149 Å². The molecular weight excluding hydrogens is 357 g/mol. The van der Waals surface area contributed by atoms with Crippen molar-refractivity contribution in [2.75, 3.05) is 19.6 Å². The molecule has 0 saturated carbocycles. The van der Waals surface area contributed by atoms with E-state index in [1.54, 1.807) is 34.9 Å². The maximum Gasteiger partial charge on any atom is 0.243 e. The van der Waals surface area contributed by atoms with Crippen LogP contribution in [0.15, 0.2) is 41.6 Å². The molecule has 0 spiro atoms. The lowest BCUT2D eigenvalue weighted by Crippen LogP contribution is -2.40. The molecule has 128 valence electrons. The monoisotopic (exact) mass is 377 g/mol. The van der Waals surface area contributed by atoms with Crippen molar-refractivity contribution in [1.82, 2.24) is 9.29 Å². The Hall–Kier alpha value is -0.920. The molecule has 0 amide bonds. The second kappa shape index (κ2) is 8.26. The predicted molar refractivity (Wildman–Crippen MR) is 96.8 cm³/mol. The number of nitrogens with zero attached hydrogens (tertiary/aromatic N) is 2. The van der Waals surface area contributed by atoms with Gasteiger partial charge >= 0.3 is 0 Å². The van der Waals surface area contributed by atoms with E-state index >= 15 is 0 Å². The van der Waals surface area contributed by atoms with Crippen molar-refractivity contribution < 1.29 is 8.42 Å². The van der Waals surface area contributed by atoms with E-state index in [9.17, 15) is 8.42 Å². The fraction of sp³-hybridized carbons (Fsp3) is 0.400. The highest BCUT2D eigenvalue weighted by atomic mass is 35.5. The number of sulfonamides is 1. The zero-order chi connectivity index (χ0) is 14.9. The zero-order valence-electron chi connectivity index (χ0n) is 12.6. The van der Waals surface area contributed by atoms with Crippen molar-refractivity contribution in [3.05, 3.63) is 36.7 Å². The summed E-state index contributed by atoms with van der Waals surface area (Å²) in [6.45, 7) is 1.73. The molecule has 0 bridgehead atoms. The first-order valence-corrected chi connectivity index (χ1v) is 8.60. The van der Waals surface area contributed by atoms with Gasteiger partial charge in [-0.1, -0.05) is 12.1 Å². The van der Waals surface area contributed by atoms with Gasteiger partial charge in [0.25, 0.3) is 0 Å². The summed E-state index contributed by atoms with van der Waals surface area (Å²) in [5.74, 6) is 0.438. The maximum absolute atomic E-state index is 12.9. The van der Waals surface area contributed by atoms with Gasteiger partial charge in [0.15, 0.2) is 0 Å². The first kappa shape index (κ1) is 20.1. The number of rotatable bonds is 3.